The molecule has 1 aliphatic rings. The summed E-state index contributed by atoms with van der Waals surface area (Å²) in [4.78, 5) is 4.49. The quantitative estimate of drug-likeness (QED) is 0.586. The van der Waals surface area contributed by atoms with Gasteiger partial charge in [-0.05, 0) is 72.9 Å². The van der Waals surface area contributed by atoms with E-state index in [1.54, 1.807) is 19.2 Å². The van der Waals surface area contributed by atoms with Crippen LogP contribution < -0.4 is 10.5 Å². The lowest BCUT2D eigenvalue weighted by atomic mass is 9.70. The van der Waals surface area contributed by atoms with Gasteiger partial charge in [-0.3, -0.25) is 4.98 Å². The van der Waals surface area contributed by atoms with Crippen LogP contribution in [0.25, 0.3) is 10.9 Å². The highest BCUT2D eigenvalue weighted by Gasteiger charge is 2.46. The minimum absolute atomic E-state index is 0.247. The molecule has 0 spiro atoms. The van der Waals surface area contributed by atoms with Crippen molar-refractivity contribution >= 4 is 10.9 Å². The molecule has 1 unspecified atom stereocenters. The predicted octanol–water partition coefficient (Wildman–Crippen LogP) is 5.40. The number of halogens is 1. The number of pyridine rings is 1. The number of aromatic nitrogens is 1. The van der Waals surface area contributed by atoms with Crippen molar-refractivity contribution < 1.29 is 9.13 Å². The molecular formula is C25H29FN2O. The van der Waals surface area contributed by atoms with E-state index >= 15 is 0 Å². The number of rotatable bonds is 7. The van der Waals surface area contributed by atoms with Crippen molar-refractivity contribution in [3.8, 4) is 5.75 Å². The largest absolute Gasteiger partial charge is 0.496 e. The summed E-state index contributed by atoms with van der Waals surface area (Å²) in [6, 6.07) is 15.0. The Kier molecular flexibility index (Phi) is 5.07. The van der Waals surface area contributed by atoms with Gasteiger partial charge in [0.25, 0.3) is 0 Å². The normalized spacial score (nSPS) is 16.6. The predicted molar refractivity (Wildman–Crippen MR) is 116 cm³/mol. The minimum Gasteiger partial charge on any atom is -0.496 e. The van der Waals surface area contributed by atoms with E-state index in [2.05, 4.69) is 31.0 Å². The first-order valence-corrected chi connectivity index (χ1v) is 10.3. The van der Waals surface area contributed by atoms with Crippen LogP contribution in [-0.2, 0) is 11.8 Å². The highest BCUT2D eigenvalue weighted by molar-refractivity contribution is 5.82. The number of nitrogens with two attached hydrogens (primary N) is 1. The monoisotopic (exact) mass is 392 g/mol. The Morgan fingerprint density at radius 1 is 1.14 bits per heavy atom. The average molecular weight is 393 g/mol. The molecule has 152 valence electrons. The van der Waals surface area contributed by atoms with Gasteiger partial charge in [0.2, 0.25) is 0 Å². The SMILES string of the molecule is COc1ccc(F)cc1C(C)(C)CC(N)(Cc1ccnc2ccccc12)C1CC1. The molecule has 3 aromatic rings. The number of methoxy groups -OCH3 is 1. The Labute approximate surface area is 172 Å². The van der Waals surface area contributed by atoms with Gasteiger partial charge in [0.15, 0.2) is 0 Å². The summed E-state index contributed by atoms with van der Waals surface area (Å²) in [7, 11) is 1.63. The molecule has 1 atom stereocenters. The second kappa shape index (κ2) is 7.42. The fraction of sp³-hybridized carbons (Fsp3) is 0.400. The standard InChI is InChI=1S/C25H29FN2O/c1-24(2,21-14-19(26)10-11-23(21)29-3)16-25(27,18-8-9-18)15-17-12-13-28-22-7-5-4-6-20(17)22/h4-7,10-14,18H,8-9,15-16,27H2,1-3H3. The van der Waals surface area contributed by atoms with Gasteiger partial charge in [-0.2, -0.15) is 0 Å². The number of nitrogens with zero attached hydrogens (tertiary/aromatic N) is 1. The summed E-state index contributed by atoms with van der Waals surface area (Å²) in [5.41, 5.74) is 9.52. The smallest absolute Gasteiger partial charge is 0.123 e. The molecule has 1 aromatic heterocycles. The lowest BCUT2D eigenvalue weighted by molar-refractivity contribution is 0.264. The van der Waals surface area contributed by atoms with E-state index in [1.807, 2.05) is 24.4 Å². The number of hydrogen-bond donors (Lipinski definition) is 1. The Morgan fingerprint density at radius 3 is 2.62 bits per heavy atom. The van der Waals surface area contributed by atoms with Crippen molar-refractivity contribution in [3.63, 3.8) is 0 Å². The second-order valence-electron chi connectivity index (χ2n) is 9.08. The van der Waals surface area contributed by atoms with Crippen LogP contribution in [-0.4, -0.2) is 17.6 Å². The zero-order chi connectivity index (χ0) is 20.6. The van der Waals surface area contributed by atoms with Gasteiger partial charge in [-0.1, -0.05) is 32.0 Å². The van der Waals surface area contributed by atoms with Crippen LogP contribution in [0.4, 0.5) is 4.39 Å². The summed E-state index contributed by atoms with van der Waals surface area (Å²) >= 11 is 0. The summed E-state index contributed by atoms with van der Waals surface area (Å²) in [6.45, 7) is 4.28. The van der Waals surface area contributed by atoms with Crippen molar-refractivity contribution in [1.29, 1.82) is 0 Å². The summed E-state index contributed by atoms with van der Waals surface area (Å²) in [6.07, 6.45) is 5.69. The maximum absolute atomic E-state index is 14.0. The van der Waals surface area contributed by atoms with Gasteiger partial charge in [0, 0.05) is 22.7 Å². The van der Waals surface area contributed by atoms with Gasteiger partial charge in [-0.25, -0.2) is 4.39 Å². The van der Waals surface area contributed by atoms with E-state index in [4.69, 9.17) is 10.5 Å². The van der Waals surface area contributed by atoms with E-state index in [0.717, 1.165) is 42.1 Å². The first kappa shape index (κ1) is 19.8. The van der Waals surface area contributed by atoms with Gasteiger partial charge >= 0.3 is 0 Å². The van der Waals surface area contributed by atoms with Gasteiger partial charge < -0.3 is 10.5 Å². The molecule has 0 aliphatic heterocycles. The number of para-hydroxylation sites is 1. The number of benzene rings is 2. The molecule has 0 radical (unpaired) electrons. The zero-order valence-electron chi connectivity index (χ0n) is 17.4. The summed E-state index contributed by atoms with van der Waals surface area (Å²) in [5.74, 6) is 0.945. The van der Waals surface area contributed by atoms with Crippen molar-refractivity contribution in [2.45, 2.75) is 50.5 Å². The molecular weight excluding hydrogens is 363 g/mol. The molecule has 0 amide bonds. The molecule has 2 aromatic carbocycles. The molecule has 0 bridgehead atoms. The van der Waals surface area contributed by atoms with E-state index in [-0.39, 0.29) is 16.8 Å². The molecule has 1 aliphatic carbocycles. The third-order valence-corrected chi connectivity index (χ3v) is 6.31. The van der Waals surface area contributed by atoms with Crippen LogP contribution in [0.5, 0.6) is 5.75 Å². The van der Waals surface area contributed by atoms with Crippen LogP contribution in [0.2, 0.25) is 0 Å². The van der Waals surface area contributed by atoms with E-state index < -0.39 is 0 Å². The lowest BCUT2D eigenvalue weighted by Gasteiger charge is -2.39. The minimum atomic E-state index is -0.370. The Balaban J connectivity index is 1.69. The van der Waals surface area contributed by atoms with E-state index in [0.29, 0.717) is 11.7 Å². The summed E-state index contributed by atoms with van der Waals surface area (Å²) in [5, 5.41) is 1.16. The molecule has 4 rings (SSSR count). The van der Waals surface area contributed by atoms with Gasteiger partial charge in [-0.15, -0.1) is 0 Å². The maximum Gasteiger partial charge on any atom is 0.123 e. The Hall–Kier alpha value is -2.46. The first-order valence-electron chi connectivity index (χ1n) is 10.3. The molecule has 1 heterocycles. The molecule has 29 heavy (non-hydrogen) atoms. The zero-order valence-corrected chi connectivity index (χ0v) is 17.4. The fourth-order valence-corrected chi connectivity index (χ4v) is 4.80. The molecule has 1 fully saturated rings. The average Bonchev–Trinajstić information content (AvgIpc) is 3.54. The second-order valence-corrected chi connectivity index (χ2v) is 9.08. The molecule has 1 saturated carbocycles. The number of hydrogen-bond acceptors (Lipinski definition) is 3. The Morgan fingerprint density at radius 2 is 1.90 bits per heavy atom. The molecule has 0 saturated heterocycles. The first-order chi connectivity index (χ1) is 13.8. The highest BCUT2D eigenvalue weighted by Crippen LogP contribution is 2.48. The van der Waals surface area contributed by atoms with Crippen LogP contribution in [0.1, 0.15) is 44.2 Å². The van der Waals surface area contributed by atoms with Crippen LogP contribution in [0, 0.1) is 11.7 Å². The van der Waals surface area contributed by atoms with Crippen LogP contribution in [0.3, 0.4) is 0 Å². The molecule has 3 nitrogen and oxygen atoms in total. The van der Waals surface area contributed by atoms with Crippen molar-refractivity contribution in [2.24, 2.45) is 11.7 Å². The van der Waals surface area contributed by atoms with Crippen LogP contribution >= 0.6 is 0 Å². The number of ether oxygens (including phenoxy) is 1. The van der Waals surface area contributed by atoms with Crippen molar-refractivity contribution in [1.82, 2.24) is 4.98 Å². The van der Waals surface area contributed by atoms with Crippen molar-refractivity contribution in [3.05, 3.63) is 71.7 Å². The van der Waals surface area contributed by atoms with Crippen LogP contribution in [0.15, 0.2) is 54.7 Å². The van der Waals surface area contributed by atoms with Gasteiger partial charge in [0.1, 0.15) is 11.6 Å². The third kappa shape index (κ3) is 3.99. The highest BCUT2D eigenvalue weighted by atomic mass is 19.1. The molecule has 2 N–H and O–H groups in total. The van der Waals surface area contributed by atoms with E-state index in [9.17, 15) is 4.39 Å². The molecule has 4 heteroatoms. The van der Waals surface area contributed by atoms with Gasteiger partial charge in [0.05, 0.1) is 12.6 Å². The maximum atomic E-state index is 14.0. The fourth-order valence-electron chi connectivity index (χ4n) is 4.80. The third-order valence-electron chi connectivity index (χ3n) is 6.31. The Bertz CT molecular complexity index is 1020. The lowest BCUT2D eigenvalue weighted by Crippen LogP contribution is -2.49. The summed E-state index contributed by atoms with van der Waals surface area (Å²) < 4.78 is 19.6. The van der Waals surface area contributed by atoms with Crippen molar-refractivity contribution in [2.75, 3.05) is 7.11 Å². The topological polar surface area (TPSA) is 48.1 Å². The number of fused-ring (bicyclic) bond motifs is 1. The van der Waals surface area contributed by atoms with E-state index in [1.165, 1.54) is 11.6 Å².